The summed E-state index contributed by atoms with van der Waals surface area (Å²) in [6, 6.07) is 10.8. The predicted octanol–water partition coefficient (Wildman–Crippen LogP) is 3.14. The van der Waals surface area contributed by atoms with Gasteiger partial charge < -0.3 is 10.2 Å². The van der Waals surface area contributed by atoms with Crippen LogP contribution in [0.25, 0.3) is 0 Å². The number of benzene rings is 1. The first-order valence-corrected chi connectivity index (χ1v) is 7.11. The van der Waals surface area contributed by atoms with Gasteiger partial charge in [-0.15, -0.1) is 0 Å². The van der Waals surface area contributed by atoms with Gasteiger partial charge in [0.05, 0.1) is 0 Å². The van der Waals surface area contributed by atoms with E-state index in [0.29, 0.717) is 0 Å². The number of pyridine rings is 1. The molecule has 0 unspecified atom stereocenters. The molecule has 0 atom stereocenters. The number of aryl methyl sites for hydroxylation is 1. The Kier molecular flexibility index (Phi) is 5.13. The standard InChI is InChI=1S/C17H23N3/c1-4-18-12-16-11-14(2)5-6-17(16)20(3)13-15-7-9-19-10-8-15/h5-11,18H,4,12-13H2,1-3H3. The summed E-state index contributed by atoms with van der Waals surface area (Å²) in [6.45, 7) is 7.07. The van der Waals surface area contributed by atoms with Gasteiger partial charge in [-0.1, -0.05) is 24.6 Å². The van der Waals surface area contributed by atoms with Crippen molar-refractivity contribution in [3.8, 4) is 0 Å². The number of hydrogen-bond acceptors (Lipinski definition) is 3. The van der Waals surface area contributed by atoms with E-state index in [0.717, 1.165) is 19.6 Å². The highest BCUT2D eigenvalue weighted by Crippen LogP contribution is 2.22. The number of nitrogens with zero attached hydrogens (tertiary/aromatic N) is 2. The Labute approximate surface area is 121 Å². The molecular formula is C17H23N3. The topological polar surface area (TPSA) is 28.2 Å². The molecule has 1 aromatic carbocycles. The molecular weight excluding hydrogens is 246 g/mol. The van der Waals surface area contributed by atoms with Crippen molar-refractivity contribution in [2.75, 3.05) is 18.5 Å². The molecule has 0 amide bonds. The van der Waals surface area contributed by atoms with Crippen molar-refractivity contribution in [3.05, 3.63) is 59.4 Å². The first kappa shape index (κ1) is 14.5. The first-order chi connectivity index (χ1) is 9.70. The second kappa shape index (κ2) is 7.06. The molecule has 0 spiro atoms. The number of rotatable bonds is 6. The summed E-state index contributed by atoms with van der Waals surface area (Å²) in [5.74, 6) is 0. The lowest BCUT2D eigenvalue weighted by molar-refractivity contribution is 0.722. The molecule has 3 nitrogen and oxygen atoms in total. The Morgan fingerprint density at radius 3 is 2.60 bits per heavy atom. The molecule has 0 saturated carbocycles. The number of hydrogen-bond donors (Lipinski definition) is 1. The number of nitrogens with one attached hydrogen (secondary N) is 1. The zero-order valence-electron chi connectivity index (χ0n) is 12.6. The highest BCUT2D eigenvalue weighted by molar-refractivity contribution is 5.54. The Balaban J connectivity index is 2.18. The van der Waals surface area contributed by atoms with Gasteiger partial charge in [-0.3, -0.25) is 4.98 Å². The van der Waals surface area contributed by atoms with Crippen molar-refractivity contribution < 1.29 is 0 Å². The summed E-state index contributed by atoms with van der Waals surface area (Å²) >= 11 is 0. The third-order valence-corrected chi connectivity index (χ3v) is 3.38. The summed E-state index contributed by atoms with van der Waals surface area (Å²) in [6.07, 6.45) is 3.69. The fraction of sp³-hybridized carbons (Fsp3) is 0.353. The van der Waals surface area contributed by atoms with E-state index < -0.39 is 0 Å². The van der Waals surface area contributed by atoms with Crippen LogP contribution in [0.3, 0.4) is 0 Å². The van der Waals surface area contributed by atoms with E-state index in [4.69, 9.17) is 0 Å². The maximum atomic E-state index is 4.07. The lowest BCUT2D eigenvalue weighted by atomic mass is 10.1. The SMILES string of the molecule is CCNCc1cc(C)ccc1N(C)Cc1ccncc1. The van der Waals surface area contributed by atoms with Gasteiger partial charge in [0.1, 0.15) is 0 Å². The van der Waals surface area contributed by atoms with Gasteiger partial charge >= 0.3 is 0 Å². The average Bonchev–Trinajstić information content (AvgIpc) is 2.46. The minimum Gasteiger partial charge on any atom is -0.370 e. The Morgan fingerprint density at radius 1 is 1.15 bits per heavy atom. The van der Waals surface area contributed by atoms with Gasteiger partial charge in [0.2, 0.25) is 0 Å². The molecule has 106 valence electrons. The van der Waals surface area contributed by atoms with Gasteiger partial charge in [-0.2, -0.15) is 0 Å². The van der Waals surface area contributed by atoms with Crippen LogP contribution in [0.5, 0.6) is 0 Å². The summed E-state index contributed by atoms with van der Waals surface area (Å²) in [7, 11) is 2.14. The smallest absolute Gasteiger partial charge is 0.0427 e. The molecule has 1 aromatic heterocycles. The van der Waals surface area contributed by atoms with Crippen LogP contribution < -0.4 is 10.2 Å². The highest BCUT2D eigenvalue weighted by Gasteiger charge is 2.08. The van der Waals surface area contributed by atoms with Crippen LogP contribution in [0.1, 0.15) is 23.6 Å². The maximum Gasteiger partial charge on any atom is 0.0427 e. The third kappa shape index (κ3) is 3.81. The van der Waals surface area contributed by atoms with E-state index in [1.165, 1.54) is 22.4 Å². The van der Waals surface area contributed by atoms with Gasteiger partial charge in [-0.05, 0) is 42.8 Å². The van der Waals surface area contributed by atoms with Crippen molar-refractivity contribution in [1.29, 1.82) is 0 Å². The summed E-state index contributed by atoms with van der Waals surface area (Å²) < 4.78 is 0. The minimum absolute atomic E-state index is 0.894. The Hall–Kier alpha value is -1.87. The maximum absolute atomic E-state index is 4.07. The number of aromatic nitrogens is 1. The molecule has 0 bridgehead atoms. The van der Waals surface area contributed by atoms with Crippen molar-refractivity contribution in [1.82, 2.24) is 10.3 Å². The third-order valence-electron chi connectivity index (χ3n) is 3.38. The van der Waals surface area contributed by atoms with Crippen LogP contribution in [-0.2, 0) is 13.1 Å². The molecule has 2 aromatic rings. The second-order valence-corrected chi connectivity index (χ2v) is 5.12. The van der Waals surface area contributed by atoms with Crippen LogP contribution >= 0.6 is 0 Å². The minimum atomic E-state index is 0.894. The summed E-state index contributed by atoms with van der Waals surface area (Å²) in [4.78, 5) is 6.36. The van der Waals surface area contributed by atoms with Crippen molar-refractivity contribution in [2.45, 2.75) is 26.9 Å². The average molecular weight is 269 g/mol. The van der Waals surface area contributed by atoms with Gasteiger partial charge in [0.25, 0.3) is 0 Å². The van der Waals surface area contributed by atoms with Gasteiger partial charge in [-0.25, -0.2) is 0 Å². The van der Waals surface area contributed by atoms with E-state index >= 15 is 0 Å². The monoisotopic (exact) mass is 269 g/mol. The summed E-state index contributed by atoms with van der Waals surface area (Å²) in [5.41, 5.74) is 5.22. The molecule has 0 aliphatic heterocycles. The van der Waals surface area contributed by atoms with E-state index in [1.807, 2.05) is 12.4 Å². The molecule has 3 heteroatoms. The zero-order chi connectivity index (χ0) is 14.4. The van der Waals surface area contributed by atoms with Crippen LogP contribution in [-0.4, -0.2) is 18.6 Å². The Morgan fingerprint density at radius 2 is 1.90 bits per heavy atom. The molecule has 0 aliphatic carbocycles. The van der Waals surface area contributed by atoms with Crippen LogP contribution in [0.2, 0.25) is 0 Å². The van der Waals surface area contributed by atoms with Crippen molar-refractivity contribution >= 4 is 5.69 Å². The molecule has 2 rings (SSSR count). The molecule has 0 radical (unpaired) electrons. The van der Waals surface area contributed by atoms with E-state index in [-0.39, 0.29) is 0 Å². The molecule has 1 N–H and O–H groups in total. The van der Waals surface area contributed by atoms with E-state index in [1.54, 1.807) is 0 Å². The fourth-order valence-corrected chi connectivity index (χ4v) is 2.34. The molecule has 0 aliphatic rings. The van der Waals surface area contributed by atoms with Crippen molar-refractivity contribution in [2.24, 2.45) is 0 Å². The largest absolute Gasteiger partial charge is 0.370 e. The fourth-order valence-electron chi connectivity index (χ4n) is 2.34. The predicted molar refractivity (Wildman–Crippen MR) is 84.9 cm³/mol. The van der Waals surface area contributed by atoms with Crippen LogP contribution in [0, 0.1) is 6.92 Å². The van der Waals surface area contributed by atoms with Crippen LogP contribution in [0.15, 0.2) is 42.7 Å². The first-order valence-electron chi connectivity index (χ1n) is 7.11. The second-order valence-electron chi connectivity index (χ2n) is 5.12. The highest BCUT2D eigenvalue weighted by atomic mass is 15.1. The number of anilines is 1. The lowest BCUT2D eigenvalue weighted by Gasteiger charge is -2.23. The van der Waals surface area contributed by atoms with Gasteiger partial charge in [0, 0.05) is 38.2 Å². The molecule has 0 fully saturated rings. The van der Waals surface area contributed by atoms with Gasteiger partial charge in [0.15, 0.2) is 0 Å². The Bertz CT molecular complexity index is 537. The molecule has 1 heterocycles. The lowest BCUT2D eigenvalue weighted by Crippen LogP contribution is -2.20. The van der Waals surface area contributed by atoms with Crippen molar-refractivity contribution in [3.63, 3.8) is 0 Å². The van der Waals surface area contributed by atoms with E-state index in [2.05, 4.69) is 66.4 Å². The zero-order valence-corrected chi connectivity index (χ0v) is 12.6. The van der Waals surface area contributed by atoms with Crippen LogP contribution in [0.4, 0.5) is 5.69 Å². The molecule has 0 saturated heterocycles. The molecule has 20 heavy (non-hydrogen) atoms. The summed E-state index contributed by atoms with van der Waals surface area (Å²) in [5, 5.41) is 3.41. The normalized spacial score (nSPS) is 10.6. The van der Waals surface area contributed by atoms with E-state index in [9.17, 15) is 0 Å². The quantitative estimate of drug-likeness (QED) is 0.873.